The van der Waals surface area contributed by atoms with Crippen molar-refractivity contribution in [3.8, 4) is 0 Å². The fourth-order valence-electron chi connectivity index (χ4n) is 3.85. The summed E-state index contributed by atoms with van der Waals surface area (Å²) in [6, 6.07) is 0.730. The van der Waals surface area contributed by atoms with E-state index in [2.05, 4.69) is 18.9 Å². The minimum atomic E-state index is 0.00968. The lowest BCUT2D eigenvalue weighted by Gasteiger charge is -2.23. The lowest BCUT2D eigenvalue weighted by atomic mass is 10.00. The molecule has 3 aliphatic rings. The number of likely N-dealkylation sites (N-methyl/N-ethyl adjacent to an activating group) is 1. The van der Waals surface area contributed by atoms with Crippen molar-refractivity contribution in [2.45, 2.75) is 44.2 Å². The van der Waals surface area contributed by atoms with E-state index in [1.807, 2.05) is 0 Å². The molecule has 4 atom stereocenters. The summed E-state index contributed by atoms with van der Waals surface area (Å²) in [5, 5.41) is 0. The third-order valence-corrected chi connectivity index (χ3v) is 4.77. The highest BCUT2D eigenvalue weighted by Gasteiger charge is 2.70. The number of hydrogen-bond donors (Lipinski definition) is 0. The Labute approximate surface area is 79.3 Å². The number of fused-ring (bicyclic) bond motifs is 1. The molecule has 1 saturated heterocycles. The van der Waals surface area contributed by atoms with Gasteiger partial charge in [-0.1, -0.05) is 13.3 Å². The van der Waals surface area contributed by atoms with Gasteiger partial charge in [-0.2, -0.15) is 0 Å². The second kappa shape index (κ2) is 2.17. The Bertz CT molecular complexity index is 275. The van der Waals surface area contributed by atoms with E-state index < -0.39 is 0 Å². The van der Waals surface area contributed by atoms with E-state index in [1.165, 1.54) is 19.3 Å². The molecule has 0 aromatic heterocycles. The van der Waals surface area contributed by atoms with Gasteiger partial charge in [-0.05, 0) is 32.2 Å². The molecule has 0 aromatic carbocycles. The van der Waals surface area contributed by atoms with Crippen LogP contribution in [0.2, 0.25) is 0 Å². The number of likely N-dealkylation sites (tertiary alicyclic amines) is 1. The van der Waals surface area contributed by atoms with E-state index >= 15 is 0 Å². The molecule has 1 heterocycles. The van der Waals surface area contributed by atoms with E-state index in [4.69, 9.17) is 0 Å². The van der Waals surface area contributed by atoms with Gasteiger partial charge in [0.15, 0.2) is 5.78 Å². The lowest BCUT2D eigenvalue weighted by molar-refractivity contribution is -0.113. The number of Topliss-reactive ketones (excluding diaryl/α,β-unsaturated/α-hetero) is 1. The number of carbonyl (C=O) groups excluding carboxylic acids is 1. The van der Waals surface area contributed by atoms with Crippen LogP contribution in [0, 0.1) is 11.8 Å². The van der Waals surface area contributed by atoms with Crippen LogP contribution in [0.3, 0.4) is 0 Å². The molecule has 72 valence electrons. The van der Waals surface area contributed by atoms with Crippen molar-refractivity contribution in [1.82, 2.24) is 4.90 Å². The summed E-state index contributed by atoms with van der Waals surface area (Å²) in [7, 11) is 2.16. The second-order valence-corrected chi connectivity index (χ2v) is 5.08. The zero-order valence-corrected chi connectivity index (χ0v) is 8.42. The molecule has 2 nitrogen and oxygen atoms in total. The zero-order valence-electron chi connectivity index (χ0n) is 8.42. The summed E-state index contributed by atoms with van der Waals surface area (Å²) in [6.45, 7) is 2.10. The third-order valence-electron chi connectivity index (χ3n) is 4.77. The fraction of sp³-hybridized carbons (Fsp3) is 0.909. The van der Waals surface area contributed by atoms with Crippen LogP contribution in [0.5, 0.6) is 0 Å². The van der Waals surface area contributed by atoms with E-state index in [-0.39, 0.29) is 5.54 Å². The van der Waals surface area contributed by atoms with Crippen molar-refractivity contribution in [3.05, 3.63) is 0 Å². The molecule has 3 rings (SSSR count). The minimum Gasteiger partial charge on any atom is -0.297 e. The van der Waals surface area contributed by atoms with Gasteiger partial charge in [-0.15, -0.1) is 0 Å². The van der Waals surface area contributed by atoms with Crippen molar-refractivity contribution >= 4 is 5.78 Å². The van der Waals surface area contributed by atoms with Crippen molar-refractivity contribution in [3.63, 3.8) is 0 Å². The number of nitrogens with zero attached hydrogens (tertiary/aromatic N) is 1. The Morgan fingerprint density at radius 3 is 2.69 bits per heavy atom. The molecule has 4 unspecified atom stereocenters. The number of ketones is 1. The van der Waals surface area contributed by atoms with Crippen LogP contribution in [-0.4, -0.2) is 29.3 Å². The van der Waals surface area contributed by atoms with Gasteiger partial charge < -0.3 is 0 Å². The molecule has 0 aromatic rings. The fourth-order valence-corrected chi connectivity index (χ4v) is 3.85. The molecular weight excluding hydrogens is 162 g/mol. The lowest BCUT2D eigenvalue weighted by Crippen LogP contribution is -2.36. The van der Waals surface area contributed by atoms with Crippen LogP contribution >= 0.6 is 0 Å². The van der Waals surface area contributed by atoms with Gasteiger partial charge in [-0.3, -0.25) is 9.69 Å². The van der Waals surface area contributed by atoms with Crippen LogP contribution in [0.25, 0.3) is 0 Å². The smallest absolute Gasteiger partial charge is 0.158 e. The van der Waals surface area contributed by atoms with Crippen molar-refractivity contribution in [2.24, 2.45) is 11.8 Å². The van der Waals surface area contributed by atoms with E-state index in [0.717, 1.165) is 18.4 Å². The highest BCUT2D eigenvalue weighted by Crippen LogP contribution is 2.57. The van der Waals surface area contributed by atoms with Gasteiger partial charge in [0, 0.05) is 12.0 Å². The third kappa shape index (κ3) is 0.723. The average Bonchev–Trinajstić information content (AvgIpc) is 2.58. The van der Waals surface area contributed by atoms with E-state index in [9.17, 15) is 4.79 Å². The minimum absolute atomic E-state index is 0.00968. The Kier molecular flexibility index (Phi) is 1.33. The molecule has 0 bridgehead atoms. The van der Waals surface area contributed by atoms with Gasteiger partial charge in [0.05, 0.1) is 5.54 Å². The highest BCUT2D eigenvalue weighted by atomic mass is 16.1. The first kappa shape index (κ1) is 7.98. The second-order valence-electron chi connectivity index (χ2n) is 5.08. The van der Waals surface area contributed by atoms with Crippen LogP contribution in [0.1, 0.15) is 32.6 Å². The molecule has 3 fully saturated rings. The predicted octanol–water partition coefficient (Wildman–Crippen LogP) is 1.45. The average molecular weight is 179 g/mol. The highest BCUT2D eigenvalue weighted by molar-refractivity contribution is 6.08. The molecule has 2 heteroatoms. The SMILES string of the molecule is CC1C(=O)C12CC1CCCC1N2C. The van der Waals surface area contributed by atoms with Crippen LogP contribution in [0.4, 0.5) is 0 Å². The van der Waals surface area contributed by atoms with Gasteiger partial charge in [0.25, 0.3) is 0 Å². The van der Waals surface area contributed by atoms with Crippen LogP contribution < -0.4 is 0 Å². The summed E-state index contributed by atoms with van der Waals surface area (Å²) < 4.78 is 0. The molecule has 0 radical (unpaired) electrons. The quantitative estimate of drug-likeness (QED) is 0.561. The molecule has 1 spiro atoms. The zero-order chi connectivity index (χ0) is 9.22. The number of hydrogen-bond acceptors (Lipinski definition) is 2. The molecule has 2 aliphatic carbocycles. The van der Waals surface area contributed by atoms with Crippen molar-refractivity contribution < 1.29 is 4.79 Å². The normalized spacial score (nSPS) is 54.6. The Morgan fingerprint density at radius 1 is 1.46 bits per heavy atom. The number of carbonyl (C=O) groups is 1. The van der Waals surface area contributed by atoms with Gasteiger partial charge in [0.1, 0.15) is 0 Å². The van der Waals surface area contributed by atoms with Gasteiger partial charge in [-0.25, -0.2) is 0 Å². The summed E-state index contributed by atoms with van der Waals surface area (Å²) >= 11 is 0. The molecule has 0 N–H and O–H groups in total. The first-order valence-corrected chi connectivity index (χ1v) is 5.45. The Balaban J connectivity index is 1.92. The van der Waals surface area contributed by atoms with Crippen molar-refractivity contribution in [1.29, 1.82) is 0 Å². The summed E-state index contributed by atoms with van der Waals surface area (Å²) in [5.41, 5.74) is 0.00968. The molecule has 0 amide bonds. The molecule has 1 aliphatic heterocycles. The molecule has 2 saturated carbocycles. The van der Waals surface area contributed by atoms with Crippen LogP contribution in [-0.2, 0) is 4.79 Å². The maximum atomic E-state index is 11.6. The summed E-state index contributed by atoms with van der Waals surface area (Å²) in [6.07, 6.45) is 5.21. The summed E-state index contributed by atoms with van der Waals surface area (Å²) in [5.74, 6) is 1.66. The monoisotopic (exact) mass is 179 g/mol. The van der Waals surface area contributed by atoms with E-state index in [1.54, 1.807) is 0 Å². The van der Waals surface area contributed by atoms with E-state index in [0.29, 0.717) is 11.7 Å². The maximum Gasteiger partial charge on any atom is 0.158 e. The van der Waals surface area contributed by atoms with Crippen LogP contribution in [0.15, 0.2) is 0 Å². The first-order chi connectivity index (χ1) is 6.18. The van der Waals surface area contributed by atoms with Gasteiger partial charge >= 0.3 is 0 Å². The molecule has 13 heavy (non-hydrogen) atoms. The number of rotatable bonds is 0. The van der Waals surface area contributed by atoms with Crippen molar-refractivity contribution in [2.75, 3.05) is 7.05 Å². The largest absolute Gasteiger partial charge is 0.297 e. The predicted molar refractivity (Wildman–Crippen MR) is 50.4 cm³/mol. The Hall–Kier alpha value is -0.370. The maximum absolute atomic E-state index is 11.6. The Morgan fingerprint density at radius 2 is 2.15 bits per heavy atom. The first-order valence-electron chi connectivity index (χ1n) is 5.45. The standard InChI is InChI=1S/C11H17NO/c1-7-10(13)11(7)6-8-4-3-5-9(8)12(11)2/h7-9H,3-6H2,1-2H3. The summed E-state index contributed by atoms with van der Waals surface area (Å²) in [4.78, 5) is 14.0. The van der Waals surface area contributed by atoms with Gasteiger partial charge in [0.2, 0.25) is 0 Å². The topological polar surface area (TPSA) is 20.3 Å². The molecular formula is C11H17NO.